The molecule has 0 atom stereocenters. The summed E-state index contributed by atoms with van der Waals surface area (Å²) in [6.45, 7) is 0. The van der Waals surface area contributed by atoms with Crippen LogP contribution < -0.4 is 10.3 Å². The van der Waals surface area contributed by atoms with Crippen LogP contribution >= 0.6 is 19.2 Å². The summed E-state index contributed by atoms with van der Waals surface area (Å²) in [4.78, 5) is 15.1. The number of fused-ring (bicyclic) bond motifs is 1. The van der Waals surface area contributed by atoms with Crippen molar-refractivity contribution in [1.29, 1.82) is 0 Å². The van der Waals surface area contributed by atoms with E-state index in [2.05, 4.69) is 14.0 Å². The van der Waals surface area contributed by atoms with Crippen molar-refractivity contribution in [2.75, 3.05) is 14.2 Å². The number of amides is 1. The maximum Gasteiger partial charge on any atom is 0.529 e. The third-order valence-corrected chi connectivity index (χ3v) is 4.60. The number of phosphoric ester groups is 1. The van der Waals surface area contributed by atoms with Crippen LogP contribution in [0.3, 0.4) is 0 Å². The highest BCUT2D eigenvalue weighted by atomic mass is 32.1. The first kappa shape index (κ1) is 14.0. The number of carbonyl (C=O) groups excluding carboxylic acids is 1. The number of aromatic nitrogens is 1. The van der Waals surface area contributed by atoms with Gasteiger partial charge in [0.1, 0.15) is 5.75 Å². The molecule has 0 aliphatic carbocycles. The maximum atomic E-state index is 11.8. The normalized spacial score (nSPS) is 11.7. The highest BCUT2D eigenvalue weighted by Gasteiger charge is 2.24. The van der Waals surface area contributed by atoms with E-state index in [0.717, 1.165) is 11.3 Å². The summed E-state index contributed by atoms with van der Waals surface area (Å²) in [6.07, 6.45) is 0. The Bertz CT molecular complexity index is 663. The molecule has 2 N–H and O–H groups in total. The van der Waals surface area contributed by atoms with Crippen LogP contribution in [-0.4, -0.2) is 25.1 Å². The Morgan fingerprint density at radius 3 is 2.63 bits per heavy atom. The number of hydrogen-bond donors (Lipinski definition) is 1. The van der Waals surface area contributed by atoms with Gasteiger partial charge in [-0.1, -0.05) is 0 Å². The number of primary amides is 1. The van der Waals surface area contributed by atoms with Crippen LogP contribution in [0.2, 0.25) is 0 Å². The van der Waals surface area contributed by atoms with Gasteiger partial charge in [-0.05, 0) is 12.1 Å². The van der Waals surface area contributed by atoms with Crippen molar-refractivity contribution in [1.82, 2.24) is 4.98 Å². The zero-order valence-corrected chi connectivity index (χ0v) is 11.9. The number of phosphoric acid groups is 1. The molecule has 1 heterocycles. The van der Waals surface area contributed by atoms with Gasteiger partial charge in [0, 0.05) is 20.3 Å². The molecule has 0 unspecified atom stereocenters. The molecular weight excluding hydrogens is 291 g/mol. The molecule has 0 saturated carbocycles. The van der Waals surface area contributed by atoms with E-state index in [9.17, 15) is 9.36 Å². The summed E-state index contributed by atoms with van der Waals surface area (Å²) in [6, 6.07) is 4.77. The highest BCUT2D eigenvalue weighted by Crippen LogP contribution is 2.48. The molecule has 0 bridgehead atoms. The van der Waals surface area contributed by atoms with Crippen molar-refractivity contribution in [3.05, 3.63) is 23.2 Å². The predicted molar refractivity (Wildman–Crippen MR) is 70.4 cm³/mol. The fraction of sp³-hybridized carbons (Fsp3) is 0.200. The van der Waals surface area contributed by atoms with Crippen molar-refractivity contribution in [2.24, 2.45) is 5.73 Å². The minimum absolute atomic E-state index is 0.203. The van der Waals surface area contributed by atoms with Gasteiger partial charge in [-0.25, -0.2) is 9.55 Å². The molecule has 1 aromatic heterocycles. The third-order valence-electron chi connectivity index (χ3n) is 2.24. The molecule has 0 saturated heterocycles. The molecule has 2 rings (SSSR count). The smallest absolute Gasteiger partial charge is 0.404 e. The maximum absolute atomic E-state index is 11.8. The van der Waals surface area contributed by atoms with Crippen molar-refractivity contribution >= 4 is 35.3 Å². The largest absolute Gasteiger partial charge is 0.529 e. The summed E-state index contributed by atoms with van der Waals surface area (Å²) in [5.74, 6) is -0.303. The van der Waals surface area contributed by atoms with Crippen LogP contribution in [0.15, 0.2) is 18.2 Å². The minimum Gasteiger partial charge on any atom is -0.404 e. The van der Waals surface area contributed by atoms with E-state index < -0.39 is 13.7 Å². The highest BCUT2D eigenvalue weighted by molar-refractivity contribution is 7.48. The summed E-state index contributed by atoms with van der Waals surface area (Å²) in [5, 5.41) is 0.203. The molecule has 2 aromatic rings. The van der Waals surface area contributed by atoms with E-state index in [-0.39, 0.29) is 5.01 Å². The van der Waals surface area contributed by atoms with Gasteiger partial charge in [0.2, 0.25) is 0 Å². The van der Waals surface area contributed by atoms with E-state index in [0.29, 0.717) is 16.0 Å². The topological polar surface area (TPSA) is 101 Å². The second-order valence-electron chi connectivity index (χ2n) is 3.42. The molecule has 1 aromatic carbocycles. The predicted octanol–water partition coefficient (Wildman–Crippen LogP) is 2.17. The lowest BCUT2D eigenvalue weighted by Crippen LogP contribution is -2.09. The Hall–Kier alpha value is -1.47. The first-order valence-corrected chi connectivity index (χ1v) is 7.36. The fourth-order valence-corrected chi connectivity index (χ4v) is 2.86. The van der Waals surface area contributed by atoms with Crippen molar-refractivity contribution < 1.29 is 22.9 Å². The van der Waals surface area contributed by atoms with E-state index in [4.69, 9.17) is 10.3 Å². The first-order valence-electron chi connectivity index (χ1n) is 5.09. The SMILES string of the molecule is COP(=O)(OC)Oc1ccc2nc(C(N)=O)sc2c1. The molecule has 7 nitrogen and oxygen atoms in total. The van der Waals surface area contributed by atoms with Crippen LogP contribution in [-0.2, 0) is 13.6 Å². The van der Waals surface area contributed by atoms with Crippen molar-refractivity contribution in [3.8, 4) is 5.75 Å². The van der Waals surface area contributed by atoms with Crippen molar-refractivity contribution in [2.45, 2.75) is 0 Å². The number of thiazole rings is 1. The summed E-state index contributed by atoms with van der Waals surface area (Å²) in [7, 11) is -1.15. The van der Waals surface area contributed by atoms with E-state index in [1.54, 1.807) is 18.2 Å². The lowest BCUT2D eigenvalue weighted by Gasteiger charge is -2.13. The molecule has 0 fully saturated rings. The Morgan fingerprint density at radius 2 is 2.05 bits per heavy atom. The van der Waals surface area contributed by atoms with Gasteiger partial charge >= 0.3 is 7.82 Å². The zero-order chi connectivity index (χ0) is 14.0. The monoisotopic (exact) mass is 302 g/mol. The molecule has 0 radical (unpaired) electrons. The molecule has 0 aliphatic heterocycles. The minimum atomic E-state index is -3.60. The second kappa shape index (κ2) is 5.26. The summed E-state index contributed by atoms with van der Waals surface area (Å²) >= 11 is 1.12. The Morgan fingerprint density at radius 1 is 1.37 bits per heavy atom. The molecule has 102 valence electrons. The average Bonchev–Trinajstić information content (AvgIpc) is 2.82. The molecule has 9 heteroatoms. The lowest BCUT2D eigenvalue weighted by atomic mass is 10.3. The van der Waals surface area contributed by atoms with E-state index >= 15 is 0 Å². The fourth-order valence-electron chi connectivity index (χ4n) is 1.35. The van der Waals surface area contributed by atoms with Crippen LogP contribution in [0.1, 0.15) is 9.80 Å². The van der Waals surface area contributed by atoms with Crippen LogP contribution in [0, 0.1) is 0 Å². The van der Waals surface area contributed by atoms with Gasteiger partial charge in [-0.2, -0.15) is 0 Å². The number of benzene rings is 1. The first-order chi connectivity index (χ1) is 8.97. The number of nitrogens with two attached hydrogens (primary N) is 1. The quantitative estimate of drug-likeness (QED) is 0.849. The van der Waals surface area contributed by atoms with Crippen LogP contribution in [0.4, 0.5) is 0 Å². The Kier molecular flexibility index (Phi) is 3.86. The third kappa shape index (κ3) is 2.93. The van der Waals surface area contributed by atoms with Crippen molar-refractivity contribution in [3.63, 3.8) is 0 Å². The van der Waals surface area contributed by atoms with Gasteiger partial charge in [-0.15, -0.1) is 11.3 Å². The van der Waals surface area contributed by atoms with Crippen LogP contribution in [0.25, 0.3) is 10.2 Å². The number of carbonyl (C=O) groups is 1. The number of hydrogen-bond acceptors (Lipinski definition) is 7. The van der Waals surface area contributed by atoms with Gasteiger partial charge in [-0.3, -0.25) is 13.8 Å². The van der Waals surface area contributed by atoms with E-state index in [1.165, 1.54) is 14.2 Å². The average molecular weight is 302 g/mol. The number of nitrogens with zero attached hydrogens (tertiary/aromatic N) is 1. The van der Waals surface area contributed by atoms with Gasteiger partial charge in [0.15, 0.2) is 5.01 Å². The molecule has 1 amide bonds. The van der Waals surface area contributed by atoms with E-state index in [1.807, 2.05) is 0 Å². The van der Waals surface area contributed by atoms with Gasteiger partial charge < -0.3 is 10.3 Å². The standard InChI is InChI=1S/C10H11N2O5PS/c1-15-18(14,16-2)17-6-3-4-7-8(5-6)19-10(12-7)9(11)13/h3-5H,1-2H3,(H2,11,13). The molecular formula is C10H11N2O5PS. The zero-order valence-electron chi connectivity index (χ0n) is 10.2. The molecule has 0 spiro atoms. The second-order valence-corrected chi connectivity index (χ2v) is 6.25. The van der Waals surface area contributed by atoms with Gasteiger partial charge in [0.05, 0.1) is 10.2 Å². The molecule has 0 aliphatic rings. The summed E-state index contributed by atoms with van der Waals surface area (Å²) in [5.41, 5.74) is 5.76. The summed E-state index contributed by atoms with van der Waals surface area (Å²) < 4.78 is 27.0. The van der Waals surface area contributed by atoms with Gasteiger partial charge in [0.25, 0.3) is 5.91 Å². The lowest BCUT2D eigenvalue weighted by molar-refractivity contribution is 0.1000. The molecule has 19 heavy (non-hydrogen) atoms. The van der Waals surface area contributed by atoms with Crippen LogP contribution in [0.5, 0.6) is 5.75 Å². The number of rotatable bonds is 5. The Labute approximate surface area is 112 Å². The Balaban J connectivity index is 2.36.